The average Bonchev–Trinajstić information content (AvgIpc) is 3.05. The van der Waals surface area contributed by atoms with E-state index in [1.165, 1.54) is 44.1 Å². The minimum Gasteiger partial charge on any atom is -0.508 e. The Morgan fingerprint density at radius 2 is 1.61 bits per heavy atom. The molecule has 23 heavy (non-hydrogen) atoms. The molecule has 0 unspecified atom stereocenters. The molecule has 1 saturated heterocycles. The van der Waals surface area contributed by atoms with Gasteiger partial charge in [0.05, 0.1) is 0 Å². The maximum Gasteiger partial charge on any atom is 0.169 e. The Bertz CT molecular complexity index is 636. The first kappa shape index (κ1) is 15.5. The number of nitrogens with zero attached hydrogens (tertiary/aromatic N) is 1. The molecule has 2 N–H and O–H groups in total. The van der Waals surface area contributed by atoms with Crippen LogP contribution < -0.4 is 9.47 Å². The second-order valence-corrected chi connectivity index (χ2v) is 5.62. The van der Waals surface area contributed by atoms with Gasteiger partial charge in [-0.3, -0.25) is 4.90 Å². The van der Waals surface area contributed by atoms with Gasteiger partial charge in [0.25, 0.3) is 0 Å². The first-order valence-electron chi connectivity index (χ1n) is 7.86. The van der Waals surface area contributed by atoms with Gasteiger partial charge in [0.15, 0.2) is 11.5 Å². The zero-order valence-corrected chi connectivity index (χ0v) is 12.9. The van der Waals surface area contributed by atoms with Crippen LogP contribution in [-0.4, -0.2) is 41.4 Å². The summed E-state index contributed by atoms with van der Waals surface area (Å²) in [6.07, 6.45) is 2.58. The molecule has 0 saturated carbocycles. The number of aromatic hydroxyl groups is 2. The minimum atomic E-state index is -0.101. The van der Waals surface area contributed by atoms with E-state index in [0.717, 1.165) is 12.3 Å². The molecule has 0 aliphatic carbocycles. The summed E-state index contributed by atoms with van der Waals surface area (Å²) in [4.78, 5) is 2.41. The number of hydrogen-bond acceptors (Lipinski definition) is 5. The van der Waals surface area contributed by atoms with Gasteiger partial charge in [-0.1, -0.05) is 0 Å². The van der Waals surface area contributed by atoms with Crippen molar-refractivity contribution >= 4 is 0 Å². The van der Waals surface area contributed by atoms with Crippen LogP contribution in [0.4, 0.5) is 0 Å². The molecule has 0 aromatic heterocycles. The number of phenols is 2. The predicted octanol–water partition coefficient (Wildman–Crippen LogP) is 3.36. The number of phenolic OH excluding ortho intramolecular Hbond substituents is 2. The van der Waals surface area contributed by atoms with Crippen molar-refractivity contribution in [2.24, 2.45) is 0 Å². The van der Waals surface area contributed by atoms with Gasteiger partial charge < -0.3 is 19.7 Å². The Balaban J connectivity index is 1.52. The van der Waals surface area contributed by atoms with E-state index in [1.807, 2.05) is 12.1 Å². The highest BCUT2D eigenvalue weighted by Crippen LogP contribution is 2.33. The van der Waals surface area contributed by atoms with Gasteiger partial charge in [-0.2, -0.15) is 0 Å². The molecule has 0 radical (unpaired) electrons. The van der Waals surface area contributed by atoms with E-state index in [2.05, 4.69) is 4.90 Å². The number of hydrogen-bond donors (Lipinski definition) is 2. The predicted molar refractivity (Wildman–Crippen MR) is 87.5 cm³/mol. The largest absolute Gasteiger partial charge is 0.508 e. The summed E-state index contributed by atoms with van der Waals surface area (Å²) < 4.78 is 11.3. The van der Waals surface area contributed by atoms with Crippen LogP contribution in [0.2, 0.25) is 0 Å². The molecule has 2 aromatic carbocycles. The molecule has 1 heterocycles. The topological polar surface area (TPSA) is 62.2 Å². The molecular weight excluding hydrogens is 294 g/mol. The molecule has 0 amide bonds. The molecule has 1 aliphatic rings. The van der Waals surface area contributed by atoms with Crippen LogP contribution in [0.1, 0.15) is 12.8 Å². The Morgan fingerprint density at radius 1 is 0.913 bits per heavy atom. The molecule has 5 heteroatoms. The van der Waals surface area contributed by atoms with Gasteiger partial charge in [0.1, 0.15) is 23.9 Å². The summed E-state index contributed by atoms with van der Waals surface area (Å²) in [5.74, 6) is 1.59. The van der Waals surface area contributed by atoms with Crippen LogP contribution in [0.5, 0.6) is 28.7 Å². The molecular formula is C18H21NO4. The molecule has 0 bridgehead atoms. The number of rotatable bonds is 6. The van der Waals surface area contributed by atoms with E-state index >= 15 is 0 Å². The normalized spacial score (nSPS) is 14.8. The monoisotopic (exact) mass is 315 g/mol. The summed E-state index contributed by atoms with van der Waals surface area (Å²) in [6.45, 7) is 3.98. The van der Waals surface area contributed by atoms with Crippen LogP contribution in [0.15, 0.2) is 42.5 Å². The van der Waals surface area contributed by atoms with Crippen molar-refractivity contribution in [2.45, 2.75) is 12.8 Å². The van der Waals surface area contributed by atoms with Crippen molar-refractivity contribution in [3.05, 3.63) is 42.5 Å². The third-order valence-corrected chi connectivity index (χ3v) is 3.87. The zero-order chi connectivity index (χ0) is 16.1. The molecule has 5 nitrogen and oxygen atoms in total. The van der Waals surface area contributed by atoms with E-state index in [-0.39, 0.29) is 11.5 Å². The number of benzene rings is 2. The van der Waals surface area contributed by atoms with Gasteiger partial charge in [0.2, 0.25) is 0 Å². The summed E-state index contributed by atoms with van der Waals surface area (Å²) in [7, 11) is 0. The second kappa shape index (κ2) is 7.24. The van der Waals surface area contributed by atoms with Gasteiger partial charge in [0, 0.05) is 12.6 Å². The molecule has 0 spiro atoms. The fourth-order valence-corrected chi connectivity index (χ4v) is 2.62. The Kier molecular flexibility index (Phi) is 4.88. The summed E-state index contributed by atoms with van der Waals surface area (Å²) >= 11 is 0. The van der Waals surface area contributed by atoms with E-state index in [0.29, 0.717) is 18.1 Å². The van der Waals surface area contributed by atoms with Gasteiger partial charge >= 0.3 is 0 Å². The fourth-order valence-electron chi connectivity index (χ4n) is 2.62. The third-order valence-electron chi connectivity index (χ3n) is 3.87. The maximum absolute atomic E-state index is 9.71. The Hall–Kier alpha value is -2.40. The first-order valence-corrected chi connectivity index (χ1v) is 7.86. The highest BCUT2D eigenvalue weighted by molar-refractivity contribution is 5.46. The molecule has 0 atom stereocenters. The Labute approximate surface area is 135 Å². The molecule has 2 aromatic rings. The van der Waals surface area contributed by atoms with Crippen LogP contribution >= 0.6 is 0 Å². The van der Waals surface area contributed by atoms with Crippen molar-refractivity contribution in [2.75, 3.05) is 26.2 Å². The van der Waals surface area contributed by atoms with Gasteiger partial charge in [-0.05, 0) is 62.3 Å². The van der Waals surface area contributed by atoms with Gasteiger partial charge in [-0.25, -0.2) is 0 Å². The summed E-state index contributed by atoms with van der Waals surface area (Å²) in [5.41, 5.74) is 0. The molecule has 122 valence electrons. The first-order chi connectivity index (χ1) is 11.2. The second-order valence-electron chi connectivity index (χ2n) is 5.62. The van der Waals surface area contributed by atoms with Crippen LogP contribution in [0.25, 0.3) is 0 Å². The summed E-state index contributed by atoms with van der Waals surface area (Å²) in [5, 5.41) is 19.0. The fraction of sp³-hybridized carbons (Fsp3) is 0.333. The lowest BCUT2D eigenvalue weighted by molar-refractivity contribution is 0.237. The number of likely N-dealkylation sites (tertiary alicyclic amines) is 1. The smallest absolute Gasteiger partial charge is 0.169 e. The van der Waals surface area contributed by atoms with Crippen molar-refractivity contribution in [3.8, 4) is 28.7 Å². The highest BCUT2D eigenvalue weighted by Gasteiger charge is 2.10. The highest BCUT2D eigenvalue weighted by atomic mass is 16.5. The zero-order valence-electron chi connectivity index (χ0n) is 12.9. The van der Waals surface area contributed by atoms with Crippen LogP contribution in [0, 0.1) is 0 Å². The van der Waals surface area contributed by atoms with Crippen molar-refractivity contribution in [1.29, 1.82) is 0 Å². The SMILES string of the molecule is Oc1ccc(Oc2ccc(OCCN3CCCC3)cc2)c(O)c1. The van der Waals surface area contributed by atoms with E-state index in [1.54, 1.807) is 12.1 Å². The third kappa shape index (κ3) is 4.29. The molecule has 1 aliphatic heterocycles. The van der Waals surface area contributed by atoms with Crippen molar-refractivity contribution in [3.63, 3.8) is 0 Å². The standard InChI is InChI=1S/C18H21NO4/c20-14-3-8-18(17(21)13-14)23-16-6-4-15(5-7-16)22-12-11-19-9-1-2-10-19/h3-8,13,20-21H,1-2,9-12H2. The van der Waals surface area contributed by atoms with E-state index in [4.69, 9.17) is 9.47 Å². The number of ether oxygens (including phenoxy) is 2. The molecule has 3 rings (SSSR count). The van der Waals surface area contributed by atoms with E-state index < -0.39 is 0 Å². The quantitative estimate of drug-likeness (QED) is 0.856. The average molecular weight is 315 g/mol. The lowest BCUT2D eigenvalue weighted by Crippen LogP contribution is -2.25. The maximum atomic E-state index is 9.71. The van der Waals surface area contributed by atoms with Gasteiger partial charge in [-0.15, -0.1) is 0 Å². The van der Waals surface area contributed by atoms with Crippen LogP contribution in [0.3, 0.4) is 0 Å². The van der Waals surface area contributed by atoms with Crippen molar-refractivity contribution in [1.82, 2.24) is 4.90 Å². The lowest BCUT2D eigenvalue weighted by Gasteiger charge is -2.15. The van der Waals surface area contributed by atoms with Crippen LogP contribution in [-0.2, 0) is 0 Å². The Morgan fingerprint density at radius 3 is 2.30 bits per heavy atom. The van der Waals surface area contributed by atoms with E-state index in [9.17, 15) is 10.2 Å². The minimum absolute atomic E-state index is 0.00315. The van der Waals surface area contributed by atoms with Crippen molar-refractivity contribution < 1.29 is 19.7 Å². The molecule has 1 fully saturated rings. The summed E-state index contributed by atoms with van der Waals surface area (Å²) in [6, 6.07) is 11.5. The lowest BCUT2D eigenvalue weighted by atomic mass is 10.3.